The maximum absolute atomic E-state index is 13.6. The SMILES string of the molecule is CC(NC(=O)c1ccc2c(c1)B(O)OC2)C(NC(=O)c1ccc2c(c1)B(O)OC2)C(=O)NC(CC(=O)O)c1cccs1. The molecule has 0 spiro atoms. The summed E-state index contributed by atoms with van der Waals surface area (Å²) in [6, 6.07) is 9.64. The van der Waals surface area contributed by atoms with Crippen LogP contribution in [0.1, 0.15) is 56.1 Å². The van der Waals surface area contributed by atoms with E-state index in [-0.39, 0.29) is 24.3 Å². The van der Waals surface area contributed by atoms with Crippen LogP contribution >= 0.6 is 11.3 Å². The average molecular weight is 591 g/mol. The molecule has 1 aromatic heterocycles. The fraction of sp³-hybridized carbons (Fsp3) is 0.259. The first-order valence-corrected chi connectivity index (χ1v) is 14.0. The Hall–Kier alpha value is -4.01. The molecule has 0 fully saturated rings. The summed E-state index contributed by atoms with van der Waals surface area (Å²) in [4.78, 5) is 52.3. The Kier molecular flexibility index (Phi) is 8.75. The quantitative estimate of drug-likeness (QED) is 0.168. The number of rotatable bonds is 10. The third kappa shape index (κ3) is 6.40. The molecule has 216 valence electrons. The first kappa shape index (κ1) is 29.5. The van der Waals surface area contributed by atoms with Crippen molar-refractivity contribution < 1.29 is 43.6 Å². The van der Waals surface area contributed by atoms with Crippen molar-refractivity contribution in [1.29, 1.82) is 0 Å². The number of fused-ring (bicyclic) bond motifs is 2. The molecule has 3 aromatic rings. The molecule has 6 N–H and O–H groups in total. The number of carboxylic acids is 1. The second-order valence-electron chi connectivity index (χ2n) is 10.0. The Morgan fingerprint density at radius 3 is 1.98 bits per heavy atom. The molecular weight excluding hydrogens is 564 g/mol. The van der Waals surface area contributed by atoms with E-state index in [1.807, 2.05) is 0 Å². The van der Waals surface area contributed by atoms with E-state index in [1.54, 1.807) is 35.7 Å². The predicted octanol–water partition coefficient (Wildman–Crippen LogP) is -0.567. The Labute approximate surface area is 245 Å². The van der Waals surface area contributed by atoms with E-state index < -0.39 is 62.5 Å². The van der Waals surface area contributed by atoms with Crippen molar-refractivity contribution in [2.24, 2.45) is 0 Å². The molecular formula is C27H27B2N3O9S. The number of hydrogen-bond acceptors (Lipinski definition) is 9. The van der Waals surface area contributed by atoms with E-state index in [2.05, 4.69) is 16.0 Å². The van der Waals surface area contributed by atoms with Crippen molar-refractivity contribution >= 4 is 60.2 Å². The van der Waals surface area contributed by atoms with Gasteiger partial charge < -0.3 is 40.4 Å². The molecule has 0 saturated carbocycles. The number of nitrogens with one attached hydrogen (secondary N) is 3. The van der Waals surface area contributed by atoms with E-state index in [1.165, 1.54) is 36.5 Å². The molecule has 3 unspecified atom stereocenters. The monoisotopic (exact) mass is 591 g/mol. The highest BCUT2D eigenvalue weighted by Crippen LogP contribution is 2.22. The van der Waals surface area contributed by atoms with Crippen molar-refractivity contribution in [2.75, 3.05) is 0 Å². The average Bonchev–Trinajstić information content (AvgIpc) is 3.71. The summed E-state index contributed by atoms with van der Waals surface area (Å²) in [7, 11) is -2.33. The fourth-order valence-electron chi connectivity index (χ4n) is 4.88. The molecule has 2 aromatic carbocycles. The van der Waals surface area contributed by atoms with Gasteiger partial charge in [0.25, 0.3) is 11.8 Å². The van der Waals surface area contributed by atoms with Crippen LogP contribution in [0.5, 0.6) is 0 Å². The number of carbonyl (C=O) groups is 4. The summed E-state index contributed by atoms with van der Waals surface area (Å²) in [5.74, 6) is -3.05. The number of amides is 3. The van der Waals surface area contributed by atoms with Gasteiger partial charge in [0.05, 0.1) is 31.7 Å². The number of thiophene rings is 1. The third-order valence-electron chi connectivity index (χ3n) is 7.15. The zero-order valence-corrected chi connectivity index (χ0v) is 23.2. The van der Waals surface area contributed by atoms with Gasteiger partial charge in [0.1, 0.15) is 6.04 Å². The highest BCUT2D eigenvalue weighted by molar-refractivity contribution is 7.10. The maximum Gasteiger partial charge on any atom is 0.491 e. The minimum absolute atomic E-state index is 0.155. The van der Waals surface area contributed by atoms with Gasteiger partial charge in [-0.1, -0.05) is 18.2 Å². The topological polar surface area (TPSA) is 184 Å². The van der Waals surface area contributed by atoms with Gasteiger partial charge in [-0.15, -0.1) is 11.3 Å². The van der Waals surface area contributed by atoms with E-state index in [4.69, 9.17) is 9.31 Å². The molecule has 0 saturated heterocycles. The van der Waals surface area contributed by atoms with Crippen LogP contribution < -0.4 is 26.9 Å². The summed E-state index contributed by atoms with van der Waals surface area (Å²) in [5, 5.41) is 39.3. The summed E-state index contributed by atoms with van der Waals surface area (Å²) in [5.41, 5.74) is 2.75. The van der Waals surface area contributed by atoms with Crippen molar-refractivity contribution in [3.8, 4) is 0 Å². The molecule has 42 heavy (non-hydrogen) atoms. The van der Waals surface area contributed by atoms with E-state index in [9.17, 15) is 34.3 Å². The van der Waals surface area contributed by atoms with Crippen LogP contribution in [-0.2, 0) is 32.1 Å². The van der Waals surface area contributed by atoms with Crippen LogP contribution in [0, 0.1) is 0 Å². The van der Waals surface area contributed by atoms with Gasteiger partial charge in [-0.2, -0.15) is 0 Å². The first-order chi connectivity index (χ1) is 20.1. The lowest BCUT2D eigenvalue weighted by Gasteiger charge is -2.27. The first-order valence-electron chi connectivity index (χ1n) is 13.1. The van der Waals surface area contributed by atoms with Gasteiger partial charge >= 0.3 is 20.2 Å². The van der Waals surface area contributed by atoms with Gasteiger partial charge in [0.2, 0.25) is 5.91 Å². The van der Waals surface area contributed by atoms with Gasteiger partial charge in [0, 0.05) is 16.0 Å². The lowest BCUT2D eigenvalue weighted by molar-refractivity contribution is -0.137. The van der Waals surface area contributed by atoms with E-state index in [0.29, 0.717) is 15.8 Å². The van der Waals surface area contributed by atoms with Gasteiger partial charge in [0.15, 0.2) is 0 Å². The summed E-state index contributed by atoms with van der Waals surface area (Å²) in [6.45, 7) is 1.95. The van der Waals surface area contributed by atoms with Crippen LogP contribution in [0.2, 0.25) is 0 Å². The maximum atomic E-state index is 13.6. The summed E-state index contributed by atoms with van der Waals surface area (Å²) >= 11 is 1.27. The van der Waals surface area contributed by atoms with Crippen molar-refractivity contribution in [3.63, 3.8) is 0 Å². The fourth-order valence-corrected chi connectivity index (χ4v) is 5.65. The lowest BCUT2D eigenvalue weighted by Crippen LogP contribution is -2.58. The number of hydrogen-bond donors (Lipinski definition) is 6. The second kappa shape index (κ2) is 12.5. The predicted molar refractivity (Wildman–Crippen MR) is 153 cm³/mol. The van der Waals surface area contributed by atoms with Crippen LogP contribution in [0.25, 0.3) is 0 Å². The van der Waals surface area contributed by atoms with Gasteiger partial charge in [-0.25, -0.2) is 0 Å². The molecule has 3 heterocycles. The Morgan fingerprint density at radius 1 is 0.881 bits per heavy atom. The zero-order chi connectivity index (χ0) is 30.0. The number of benzene rings is 2. The molecule has 5 rings (SSSR count). The van der Waals surface area contributed by atoms with Crippen molar-refractivity contribution in [3.05, 3.63) is 81.0 Å². The highest BCUT2D eigenvalue weighted by atomic mass is 32.1. The van der Waals surface area contributed by atoms with Gasteiger partial charge in [-0.05, 0) is 64.7 Å². The molecule has 0 radical (unpaired) electrons. The number of carboxylic acid groups (broad SMARTS) is 1. The molecule has 2 aliphatic heterocycles. The molecule has 0 bridgehead atoms. The normalized spacial score (nSPS) is 15.8. The molecule has 2 aliphatic rings. The van der Waals surface area contributed by atoms with Crippen LogP contribution in [0.15, 0.2) is 53.9 Å². The van der Waals surface area contributed by atoms with Crippen LogP contribution in [-0.4, -0.2) is 65.2 Å². The van der Waals surface area contributed by atoms with Crippen molar-refractivity contribution in [1.82, 2.24) is 16.0 Å². The molecule has 12 nitrogen and oxygen atoms in total. The third-order valence-corrected chi connectivity index (χ3v) is 8.14. The zero-order valence-electron chi connectivity index (χ0n) is 22.4. The van der Waals surface area contributed by atoms with E-state index >= 15 is 0 Å². The summed E-state index contributed by atoms with van der Waals surface area (Å²) < 4.78 is 10.4. The molecule has 0 aliphatic carbocycles. The second-order valence-corrected chi connectivity index (χ2v) is 11.0. The van der Waals surface area contributed by atoms with Crippen LogP contribution in [0.3, 0.4) is 0 Å². The minimum atomic E-state index is -1.32. The number of aliphatic carboxylic acids is 1. The lowest BCUT2D eigenvalue weighted by atomic mass is 9.78. The van der Waals surface area contributed by atoms with Gasteiger partial charge in [-0.3, -0.25) is 19.2 Å². The molecule has 15 heteroatoms. The minimum Gasteiger partial charge on any atom is -0.481 e. The molecule has 3 amide bonds. The highest BCUT2D eigenvalue weighted by Gasteiger charge is 2.34. The Morgan fingerprint density at radius 2 is 1.45 bits per heavy atom. The smallest absolute Gasteiger partial charge is 0.481 e. The Bertz CT molecular complexity index is 1520. The number of carbonyl (C=O) groups excluding carboxylic acids is 3. The van der Waals surface area contributed by atoms with E-state index in [0.717, 1.165) is 11.1 Å². The largest absolute Gasteiger partial charge is 0.491 e. The van der Waals surface area contributed by atoms with Crippen LogP contribution in [0.4, 0.5) is 0 Å². The van der Waals surface area contributed by atoms with Crippen molar-refractivity contribution in [2.45, 2.75) is 44.7 Å². The molecule has 3 atom stereocenters. The standard InChI is InChI=1S/C27H27B2N3O9S/c1-14(30-25(35)15-4-6-17-12-40-28(38)19(17)9-15)24(27(37)31-21(11-23(33)34)22-3-2-8-42-22)32-26(36)16-5-7-18-13-41-29(39)20(18)10-16/h2-10,14,21,24,38-39H,11-13H2,1H3,(H,30,35)(H,31,37)(H,32,36)(H,33,34). The Balaban J connectivity index is 1.38. The summed E-state index contributed by atoms with van der Waals surface area (Å²) in [6.07, 6.45) is -0.393.